The highest BCUT2D eigenvalue weighted by Crippen LogP contribution is 2.37. The highest BCUT2D eigenvalue weighted by molar-refractivity contribution is 6.06. The average molecular weight is 645 g/mol. The number of methoxy groups -OCH3 is 2. The molecule has 252 valence electrons. The lowest BCUT2D eigenvalue weighted by molar-refractivity contribution is 0.0661. The minimum absolute atomic E-state index is 0.118. The van der Waals surface area contributed by atoms with E-state index in [4.69, 9.17) is 18.9 Å². The lowest BCUT2D eigenvalue weighted by Crippen LogP contribution is -2.43. The Labute approximate surface area is 278 Å². The van der Waals surface area contributed by atoms with Crippen LogP contribution in [-0.2, 0) is 4.74 Å². The molecule has 0 spiro atoms. The lowest BCUT2D eigenvalue weighted by Gasteiger charge is -2.36. The minimum Gasteiger partial charge on any atom is -0.493 e. The molecule has 10 heteroatoms. The van der Waals surface area contributed by atoms with Crippen LogP contribution in [0.3, 0.4) is 0 Å². The second kappa shape index (κ2) is 16.0. The van der Waals surface area contributed by atoms with Crippen LogP contribution < -0.4 is 29.7 Å². The van der Waals surface area contributed by atoms with Gasteiger partial charge in [-0.2, -0.15) is 0 Å². The predicted octanol–water partition coefficient (Wildman–Crippen LogP) is 7.09. The van der Waals surface area contributed by atoms with Gasteiger partial charge in [0.15, 0.2) is 11.5 Å². The summed E-state index contributed by atoms with van der Waals surface area (Å²) in [6, 6.07) is 21.1. The topological polar surface area (TPSA) is 102 Å². The standard InChI is InChI=1S/C37H48N4O6/c1-6-26(7-2)38-37(43)39-27-10-19-34(35(22-27)45-5)47-32-17-13-28(14-18-32)41(20-21-44-4)36(42)25-8-15-31(16-9-25)46-33-23-29-11-12-30(24-33)40(29)3/h8-10,13-19,22,26,29-30,33H,6-7,11-12,20-21,23-24H2,1-5H3,(H2,38,39,43). The Balaban J connectivity index is 1.22. The molecule has 2 saturated heterocycles. The third-order valence-electron chi connectivity index (χ3n) is 9.34. The number of piperidine rings is 1. The van der Waals surface area contributed by atoms with Crippen molar-refractivity contribution >= 4 is 23.3 Å². The quantitative estimate of drug-likeness (QED) is 0.193. The number of nitrogens with zero attached hydrogens (tertiary/aromatic N) is 2. The number of amides is 3. The molecule has 3 aromatic rings. The Morgan fingerprint density at radius 2 is 1.55 bits per heavy atom. The van der Waals surface area contributed by atoms with Crippen LogP contribution in [0, 0.1) is 0 Å². The number of benzene rings is 3. The summed E-state index contributed by atoms with van der Waals surface area (Å²) in [6.45, 7) is 4.85. The highest BCUT2D eigenvalue weighted by atomic mass is 16.5. The van der Waals surface area contributed by atoms with Gasteiger partial charge < -0.3 is 39.4 Å². The van der Waals surface area contributed by atoms with E-state index in [-0.39, 0.29) is 24.1 Å². The Bertz CT molecular complexity index is 1460. The Kier molecular flexibility index (Phi) is 11.6. The van der Waals surface area contributed by atoms with Gasteiger partial charge in [-0.3, -0.25) is 4.79 Å². The molecule has 2 fully saturated rings. The van der Waals surface area contributed by atoms with Crippen molar-refractivity contribution in [3.63, 3.8) is 0 Å². The van der Waals surface area contributed by atoms with Gasteiger partial charge in [0.05, 0.1) is 13.7 Å². The first-order valence-corrected chi connectivity index (χ1v) is 16.6. The summed E-state index contributed by atoms with van der Waals surface area (Å²) in [5.74, 6) is 2.21. The molecule has 2 atom stereocenters. The third-order valence-corrected chi connectivity index (χ3v) is 9.34. The number of hydrogen-bond donors (Lipinski definition) is 2. The van der Waals surface area contributed by atoms with Gasteiger partial charge in [-0.25, -0.2) is 4.79 Å². The van der Waals surface area contributed by atoms with Gasteiger partial charge in [0, 0.05) is 54.8 Å². The van der Waals surface area contributed by atoms with Crippen molar-refractivity contribution in [3.05, 3.63) is 72.3 Å². The number of hydrogen-bond acceptors (Lipinski definition) is 7. The summed E-state index contributed by atoms with van der Waals surface area (Å²) in [5, 5.41) is 5.81. The molecule has 0 aliphatic carbocycles. The van der Waals surface area contributed by atoms with Crippen molar-refractivity contribution in [2.45, 2.75) is 76.6 Å². The summed E-state index contributed by atoms with van der Waals surface area (Å²) in [5.41, 5.74) is 1.88. The highest BCUT2D eigenvalue weighted by Gasteiger charge is 2.39. The Morgan fingerprint density at radius 1 is 0.894 bits per heavy atom. The summed E-state index contributed by atoms with van der Waals surface area (Å²) < 4.78 is 23.3. The zero-order chi connectivity index (χ0) is 33.3. The number of carbonyl (C=O) groups excluding carboxylic acids is 2. The van der Waals surface area contributed by atoms with Crippen molar-refractivity contribution in [1.82, 2.24) is 10.2 Å². The molecule has 2 aliphatic heterocycles. The van der Waals surface area contributed by atoms with Crippen LogP contribution in [0.4, 0.5) is 16.2 Å². The summed E-state index contributed by atoms with van der Waals surface area (Å²) in [4.78, 5) is 30.3. The Morgan fingerprint density at radius 3 is 2.17 bits per heavy atom. The van der Waals surface area contributed by atoms with Crippen LogP contribution >= 0.6 is 0 Å². The van der Waals surface area contributed by atoms with Gasteiger partial charge in [-0.15, -0.1) is 0 Å². The monoisotopic (exact) mass is 644 g/mol. The van der Waals surface area contributed by atoms with Gasteiger partial charge in [0.1, 0.15) is 17.6 Å². The normalized spacial score (nSPS) is 18.9. The first kappa shape index (κ1) is 34.1. The number of urea groups is 1. The van der Waals surface area contributed by atoms with E-state index >= 15 is 0 Å². The summed E-state index contributed by atoms with van der Waals surface area (Å²) in [6.07, 6.45) is 6.52. The second-order valence-electron chi connectivity index (χ2n) is 12.3. The number of carbonyl (C=O) groups is 2. The molecule has 0 saturated carbocycles. The summed E-state index contributed by atoms with van der Waals surface area (Å²) >= 11 is 0. The molecule has 2 aliphatic rings. The number of rotatable bonds is 14. The van der Waals surface area contributed by atoms with E-state index in [1.165, 1.54) is 12.8 Å². The van der Waals surface area contributed by atoms with Crippen molar-refractivity contribution in [2.75, 3.05) is 44.6 Å². The number of ether oxygens (including phenoxy) is 4. The van der Waals surface area contributed by atoms with Crippen molar-refractivity contribution < 1.29 is 28.5 Å². The van der Waals surface area contributed by atoms with E-state index in [9.17, 15) is 9.59 Å². The molecule has 47 heavy (non-hydrogen) atoms. The molecule has 2 bridgehead atoms. The summed E-state index contributed by atoms with van der Waals surface area (Å²) in [7, 11) is 5.40. The van der Waals surface area contributed by atoms with Crippen LogP contribution in [0.25, 0.3) is 0 Å². The molecule has 5 rings (SSSR count). The maximum Gasteiger partial charge on any atom is 0.319 e. The van der Waals surface area contributed by atoms with E-state index in [0.717, 1.165) is 37.1 Å². The predicted molar refractivity (Wildman–Crippen MR) is 184 cm³/mol. The van der Waals surface area contributed by atoms with E-state index in [2.05, 4.69) is 22.6 Å². The Hall–Kier alpha value is -4.28. The van der Waals surface area contributed by atoms with E-state index in [1.54, 1.807) is 37.3 Å². The van der Waals surface area contributed by atoms with Gasteiger partial charge >= 0.3 is 6.03 Å². The zero-order valence-electron chi connectivity index (χ0n) is 28.2. The maximum atomic E-state index is 13.7. The van der Waals surface area contributed by atoms with Crippen LogP contribution in [0.2, 0.25) is 0 Å². The molecule has 3 aromatic carbocycles. The zero-order valence-corrected chi connectivity index (χ0v) is 28.2. The van der Waals surface area contributed by atoms with Gasteiger partial charge in [-0.05, 0) is 106 Å². The molecule has 2 N–H and O–H groups in total. The molecule has 3 amide bonds. The maximum absolute atomic E-state index is 13.7. The van der Waals surface area contributed by atoms with E-state index in [1.807, 2.05) is 62.4 Å². The smallest absolute Gasteiger partial charge is 0.319 e. The van der Waals surface area contributed by atoms with Crippen LogP contribution in [-0.4, -0.2) is 75.5 Å². The molecule has 0 aromatic heterocycles. The van der Waals surface area contributed by atoms with Crippen molar-refractivity contribution in [2.24, 2.45) is 0 Å². The molecular weight excluding hydrogens is 596 g/mol. The van der Waals surface area contributed by atoms with Gasteiger partial charge in [0.25, 0.3) is 5.91 Å². The van der Waals surface area contributed by atoms with E-state index in [0.29, 0.717) is 53.7 Å². The van der Waals surface area contributed by atoms with Crippen LogP contribution in [0.5, 0.6) is 23.0 Å². The van der Waals surface area contributed by atoms with Gasteiger partial charge in [-0.1, -0.05) is 13.8 Å². The fourth-order valence-electron chi connectivity index (χ4n) is 6.51. The first-order chi connectivity index (χ1) is 22.8. The third kappa shape index (κ3) is 8.55. The largest absolute Gasteiger partial charge is 0.493 e. The SMILES string of the molecule is CCC(CC)NC(=O)Nc1ccc(Oc2ccc(N(CCOC)C(=O)c3ccc(OC4CC5CCC(C4)N5C)cc3)cc2)c(OC)c1. The fourth-order valence-corrected chi connectivity index (χ4v) is 6.51. The lowest BCUT2D eigenvalue weighted by atomic mass is 10.0. The fraction of sp³-hybridized carbons (Fsp3) is 0.459. The van der Waals surface area contributed by atoms with Crippen molar-refractivity contribution in [1.29, 1.82) is 0 Å². The van der Waals surface area contributed by atoms with Gasteiger partial charge in [0.2, 0.25) is 0 Å². The second-order valence-corrected chi connectivity index (χ2v) is 12.3. The minimum atomic E-state index is -0.263. The molecule has 2 unspecified atom stereocenters. The number of anilines is 2. The van der Waals surface area contributed by atoms with E-state index < -0.39 is 0 Å². The molecular formula is C37H48N4O6. The van der Waals surface area contributed by atoms with Crippen LogP contribution in [0.15, 0.2) is 66.7 Å². The molecule has 0 radical (unpaired) electrons. The number of nitrogens with one attached hydrogen (secondary N) is 2. The average Bonchev–Trinajstić information content (AvgIpc) is 3.28. The first-order valence-electron chi connectivity index (χ1n) is 16.6. The number of fused-ring (bicyclic) bond motifs is 2. The molecule has 2 heterocycles. The van der Waals surface area contributed by atoms with Crippen molar-refractivity contribution in [3.8, 4) is 23.0 Å². The van der Waals surface area contributed by atoms with Crippen LogP contribution in [0.1, 0.15) is 62.7 Å². The molecule has 10 nitrogen and oxygen atoms in total.